The number of benzene rings is 1. The maximum absolute atomic E-state index is 12.3. The van der Waals surface area contributed by atoms with E-state index in [0.29, 0.717) is 12.2 Å². The van der Waals surface area contributed by atoms with E-state index < -0.39 is 0 Å². The Balaban J connectivity index is 1.35. The van der Waals surface area contributed by atoms with Gasteiger partial charge in [0.1, 0.15) is 5.82 Å². The van der Waals surface area contributed by atoms with Gasteiger partial charge in [-0.2, -0.15) is 16.4 Å². The normalized spacial score (nSPS) is 15.4. The van der Waals surface area contributed by atoms with Crippen molar-refractivity contribution in [3.05, 3.63) is 57.8 Å². The standard InChI is InChI=1S/C21H21N5O2S/c1-24-6-4-15-11-16(2-3-17(15)21(24)28)25-7-8-26-20(25)12-18(23-26)22-19(27)10-14-5-9-29-13-14/h2-3,5,9,11-13H,4,6-8,10H2,1H3,(H,22,23,27). The van der Waals surface area contributed by atoms with Crippen LogP contribution in [0.5, 0.6) is 0 Å². The molecule has 2 aromatic heterocycles. The van der Waals surface area contributed by atoms with Crippen LogP contribution in [0.4, 0.5) is 17.3 Å². The minimum absolute atomic E-state index is 0.0665. The molecule has 0 aliphatic carbocycles. The number of rotatable bonds is 4. The highest BCUT2D eigenvalue weighted by Crippen LogP contribution is 2.34. The zero-order valence-corrected chi connectivity index (χ0v) is 16.9. The third kappa shape index (κ3) is 3.29. The molecule has 29 heavy (non-hydrogen) atoms. The first kappa shape index (κ1) is 17.9. The zero-order valence-electron chi connectivity index (χ0n) is 16.1. The van der Waals surface area contributed by atoms with Crippen molar-refractivity contribution in [2.45, 2.75) is 19.4 Å². The first-order valence-electron chi connectivity index (χ1n) is 9.63. The molecule has 2 aliphatic heterocycles. The van der Waals surface area contributed by atoms with Gasteiger partial charge in [0.15, 0.2) is 5.82 Å². The summed E-state index contributed by atoms with van der Waals surface area (Å²) in [7, 11) is 1.84. The van der Waals surface area contributed by atoms with Crippen LogP contribution in [0, 0.1) is 0 Å². The Morgan fingerprint density at radius 2 is 2.10 bits per heavy atom. The summed E-state index contributed by atoms with van der Waals surface area (Å²) in [6.07, 6.45) is 1.21. The molecule has 1 aromatic carbocycles. The van der Waals surface area contributed by atoms with Crippen LogP contribution in [0.15, 0.2) is 41.1 Å². The van der Waals surface area contributed by atoms with E-state index >= 15 is 0 Å². The van der Waals surface area contributed by atoms with Crippen molar-refractivity contribution in [1.82, 2.24) is 14.7 Å². The second-order valence-electron chi connectivity index (χ2n) is 7.44. The predicted octanol–water partition coefficient (Wildman–Crippen LogP) is 2.91. The van der Waals surface area contributed by atoms with Crippen LogP contribution in [0.2, 0.25) is 0 Å². The van der Waals surface area contributed by atoms with Crippen molar-refractivity contribution < 1.29 is 9.59 Å². The highest BCUT2D eigenvalue weighted by molar-refractivity contribution is 7.08. The number of thiophene rings is 1. The minimum atomic E-state index is -0.0665. The second kappa shape index (κ2) is 7.04. The van der Waals surface area contributed by atoms with Crippen molar-refractivity contribution in [3.63, 3.8) is 0 Å². The molecule has 0 saturated heterocycles. The fraction of sp³-hybridized carbons (Fsp3) is 0.286. The Hall–Kier alpha value is -3.13. The molecule has 4 heterocycles. The number of hydrogen-bond acceptors (Lipinski definition) is 5. The average Bonchev–Trinajstić information content (AvgIpc) is 3.42. The molecule has 2 aliphatic rings. The van der Waals surface area contributed by atoms with E-state index in [-0.39, 0.29) is 11.8 Å². The third-order valence-electron chi connectivity index (χ3n) is 5.48. The van der Waals surface area contributed by atoms with E-state index in [1.165, 1.54) is 0 Å². The molecular formula is C21H21N5O2S. The van der Waals surface area contributed by atoms with Crippen LogP contribution >= 0.6 is 11.3 Å². The van der Waals surface area contributed by atoms with Gasteiger partial charge in [0.05, 0.1) is 13.0 Å². The molecule has 5 rings (SSSR count). The van der Waals surface area contributed by atoms with Gasteiger partial charge in [-0.3, -0.25) is 9.59 Å². The summed E-state index contributed by atoms with van der Waals surface area (Å²) in [6.45, 7) is 2.32. The molecule has 0 atom stereocenters. The number of carbonyl (C=O) groups is 2. The van der Waals surface area contributed by atoms with Gasteiger partial charge in [-0.1, -0.05) is 0 Å². The number of hydrogen-bond donors (Lipinski definition) is 1. The molecule has 0 fully saturated rings. The first-order chi connectivity index (χ1) is 14.1. The van der Waals surface area contributed by atoms with Crippen LogP contribution in [0.1, 0.15) is 21.5 Å². The number of nitrogens with zero attached hydrogens (tertiary/aromatic N) is 4. The molecule has 7 nitrogen and oxygen atoms in total. The lowest BCUT2D eigenvalue weighted by Crippen LogP contribution is -2.34. The second-order valence-corrected chi connectivity index (χ2v) is 8.22. The first-order valence-corrected chi connectivity index (χ1v) is 10.6. The molecule has 0 bridgehead atoms. The molecule has 0 radical (unpaired) electrons. The van der Waals surface area contributed by atoms with E-state index in [1.807, 2.05) is 46.8 Å². The monoisotopic (exact) mass is 407 g/mol. The minimum Gasteiger partial charge on any atom is -0.341 e. The van der Waals surface area contributed by atoms with Crippen LogP contribution in [0.25, 0.3) is 0 Å². The lowest BCUT2D eigenvalue weighted by molar-refractivity contribution is -0.115. The molecule has 148 valence electrons. The molecule has 8 heteroatoms. The van der Waals surface area contributed by atoms with Gasteiger partial charge >= 0.3 is 0 Å². The molecule has 0 saturated carbocycles. The summed E-state index contributed by atoms with van der Waals surface area (Å²) in [5.74, 6) is 1.54. The number of anilines is 3. The predicted molar refractivity (Wildman–Crippen MR) is 113 cm³/mol. The Morgan fingerprint density at radius 3 is 2.93 bits per heavy atom. The smallest absolute Gasteiger partial charge is 0.253 e. The Labute approximate surface area is 172 Å². The maximum atomic E-state index is 12.3. The number of carbonyl (C=O) groups excluding carboxylic acids is 2. The van der Waals surface area contributed by atoms with Crippen LogP contribution in [-0.2, 0) is 24.2 Å². The zero-order chi connectivity index (χ0) is 20.0. The molecule has 3 aromatic rings. The van der Waals surface area contributed by atoms with Crippen molar-refractivity contribution in [2.24, 2.45) is 0 Å². The summed E-state index contributed by atoms with van der Waals surface area (Å²) in [6, 6.07) is 9.89. The fourth-order valence-electron chi connectivity index (χ4n) is 3.94. The van der Waals surface area contributed by atoms with E-state index in [9.17, 15) is 9.59 Å². The molecule has 0 unspecified atom stereocenters. The van der Waals surface area contributed by atoms with E-state index in [4.69, 9.17) is 0 Å². The van der Waals surface area contributed by atoms with E-state index in [0.717, 1.165) is 54.3 Å². The van der Waals surface area contributed by atoms with Crippen molar-refractivity contribution in [1.29, 1.82) is 0 Å². The maximum Gasteiger partial charge on any atom is 0.253 e. The van der Waals surface area contributed by atoms with Crippen molar-refractivity contribution >= 4 is 40.5 Å². The highest BCUT2D eigenvalue weighted by Gasteiger charge is 2.26. The Kier molecular flexibility index (Phi) is 4.35. The van der Waals surface area contributed by atoms with Gasteiger partial charge in [-0.15, -0.1) is 0 Å². The fourth-order valence-corrected chi connectivity index (χ4v) is 4.61. The number of fused-ring (bicyclic) bond motifs is 2. The van der Waals surface area contributed by atoms with E-state index in [1.54, 1.807) is 16.2 Å². The largest absolute Gasteiger partial charge is 0.341 e. The van der Waals surface area contributed by atoms with Crippen LogP contribution < -0.4 is 10.2 Å². The Bertz CT molecular complexity index is 1090. The van der Waals surface area contributed by atoms with Gasteiger partial charge in [-0.05, 0) is 52.6 Å². The summed E-state index contributed by atoms with van der Waals surface area (Å²) in [5.41, 5.74) is 3.94. The van der Waals surface area contributed by atoms with Gasteiger partial charge in [0, 0.05) is 37.5 Å². The van der Waals surface area contributed by atoms with E-state index in [2.05, 4.69) is 21.4 Å². The Morgan fingerprint density at radius 1 is 1.21 bits per heavy atom. The third-order valence-corrected chi connectivity index (χ3v) is 6.21. The number of nitrogens with one attached hydrogen (secondary N) is 1. The van der Waals surface area contributed by atoms with Crippen molar-refractivity contribution in [3.8, 4) is 0 Å². The molecule has 1 N–H and O–H groups in total. The summed E-state index contributed by atoms with van der Waals surface area (Å²) >= 11 is 1.58. The summed E-state index contributed by atoms with van der Waals surface area (Å²) in [5, 5.41) is 11.4. The number of amides is 2. The average molecular weight is 407 g/mol. The number of likely N-dealkylation sites (N-methyl/N-ethyl adjacent to an activating group) is 1. The SMILES string of the molecule is CN1CCc2cc(N3CCn4nc(NC(=O)Cc5ccsc5)cc43)ccc2C1=O. The van der Waals surface area contributed by atoms with Crippen molar-refractivity contribution in [2.75, 3.05) is 30.4 Å². The van der Waals surface area contributed by atoms with Crippen LogP contribution in [-0.4, -0.2) is 46.6 Å². The topological polar surface area (TPSA) is 70.5 Å². The van der Waals surface area contributed by atoms with Gasteiger partial charge in [-0.25, -0.2) is 4.68 Å². The quantitative estimate of drug-likeness (QED) is 0.722. The lowest BCUT2D eigenvalue weighted by Gasteiger charge is -2.26. The van der Waals surface area contributed by atoms with Gasteiger partial charge in [0.2, 0.25) is 5.91 Å². The van der Waals surface area contributed by atoms with Gasteiger partial charge < -0.3 is 15.1 Å². The summed E-state index contributed by atoms with van der Waals surface area (Å²) < 4.78 is 1.92. The molecule has 2 amide bonds. The lowest BCUT2D eigenvalue weighted by atomic mass is 9.98. The molecular weight excluding hydrogens is 386 g/mol. The number of aromatic nitrogens is 2. The summed E-state index contributed by atoms with van der Waals surface area (Å²) in [4.78, 5) is 28.5. The van der Waals surface area contributed by atoms with Gasteiger partial charge in [0.25, 0.3) is 5.91 Å². The molecule has 0 spiro atoms. The van der Waals surface area contributed by atoms with Crippen LogP contribution in [0.3, 0.4) is 0 Å². The highest BCUT2D eigenvalue weighted by atomic mass is 32.1.